The summed E-state index contributed by atoms with van der Waals surface area (Å²) in [6.07, 6.45) is 0. The van der Waals surface area contributed by atoms with Crippen LogP contribution in [0.1, 0.15) is 0 Å². The van der Waals surface area contributed by atoms with Crippen LogP contribution in [0.3, 0.4) is 0 Å². The fraction of sp³-hybridized carbons (Fsp3) is 0. The Morgan fingerprint density at radius 2 is 1.86 bits per heavy atom. The van der Waals surface area contributed by atoms with E-state index in [9.17, 15) is 4.57 Å². The number of halogens is 3. The van der Waals surface area contributed by atoms with Gasteiger partial charge in [0.2, 0.25) is 5.88 Å². The van der Waals surface area contributed by atoms with Crippen molar-refractivity contribution in [3.63, 3.8) is 0 Å². The Kier molecular flexibility index (Phi) is 3.63. The molecule has 78 valence electrons. The van der Waals surface area contributed by atoms with Gasteiger partial charge in [-0.1, -0.05) is 34.8 Å². The van der Waals surface area contributed by atoms with Gasteiger partial charge in [0.05, 0.1) is 5.02 Å². The summed E-state index contributed by atoms with van der Waals surface area (Å²) in [6, 6.07) is 1.17. The number of aromatic nitrogens is 1. The lowest BCUT2D eigenvalue weighted by molar-refractivity contribution is 0.279. The minimum absolute atomic E-state index is 0.0646. The molecule has 0 aromatic carbocycles. The zero-order valence-corrected chi connectivity index (χ0v) is 9.48. The molecular weight excluding hydrogens is 275 g/mol. The van der Waals surface area contributed by atoms with E-state index in [4.69, 9.17) is 44.6 Å². The third-order valence-corrected chi connectivity index (χ3v) is 2.41. The molecule has 0 saturated carbocycles. The molecule has 9 heteroatoms. The molecule has 0 saturated heterocycles. The average Bonchev–Trinajstić information content (AvgIpc) is 1.97. The minimum atomic E-state index is -4.70. The SMILES string of the molecule is O=P(O)(O)Oc1nc(Cl)c(Cl)cc1Cl. The van der Waals surface area contributed by atoms with Gasteiger partial charge in [0.15, 0.2) is 5.15 Å². The Labute approximate surface area is 93.8 Å². The molecule has 0 bridgehead atoms. The standard InChI is InChI=1S/C5H3Cl3NO4P/c6-2-1-3(7)5(9-4(2)8)13-14(10,11)12/h1H,(H2,10,11,12). The van der Waals surface area contributed by atoms with E-state index in [0.29, 0.717) is 0 Å². The highest BCUT2D eigenvalue weighted by atomic mass is 35.5. The second kappa shape index (κ2) is 4.23. The second-order valence-corrected chi connectivity index (χ2v) is 4.47. The zero-order chi connectivity index (χ0) is 10.9. The van der Waals surface area contributed by atoms with Crippen molar-refractivity contribution in [1.82, 2.24) is 4.98 Å². The first-order chi connectivity index (χ1) is 6.29. The van der Waals surface area contributed by atoms with Crippen molar-refractivity contribution in [3.05, 3.63) is 21.3 Å². The molecule has 0 fully saturated rings. The first-order valence-electron chi connectivity index (χ1n) is 3.06. The minimum Gasteiger partial charge on any atom is -0.384 e. The van der Waals surface area contributed by atoms with E-state index in [1.807, 2.05) is 0 Å². The molecule has 0 unspecified atom stereocenters. The number of pyridine rings is 1. The summed E-state index contributed by atoms with van der Waals surface area (Å²) in [5.74, 6) is -0.464. The van der Waals surface area contributed by atoms with Gasteiger partial charge in [0.25, 0.3) is 0 Å². The molecule has 1 aromatic heterocycles. The lowest BCUT2D eigenvalue weighted by atomic mass is 10.5. The maximum absolute atomic E-state index is 10.4. The second-order valence-electron chi connectivity index (χ2n) is 2.13. The van der Waals surface area contributed by atoms with Crippen LogP contribution in [0, 0.1) is 0 Å². The monoisotopic (exact) mass is 277 g/mol. The lowest BCUT2D eigenvalue weighted by Crippen LogP contribution is -1.94. The van der Waals surface area contributed by atoms with Gasteiger partial charge in [-0.2, -0.15) is 4.98 Å². The molecule has 0 radical (unpaired) electrons. The third-order valence-electron chi connectivity index (χ3n) is 1.06. The lowest BCUT2D eigenvalue weighted by Gasteiger charge is -2.07. The summed E-state index contributed by atoms with van der Waals surface area (Å²) in [5, 5.41) is -0.225. The van der Waals surface area contributed by atoms with E-state index >= 15 is 0 Å². The predicted molar refractivity (Wildman–Crippen MR) is 51.9 cm³/mol. The number of phosphoric acid groups is 1. The van der Waals surface area contributed by atoms with Crippen LogP contribution in [-0.2, 0) is 4.57 Å². The first-order valence-corrected chi connectivity index (χ1v) is 5.72. The van der Waals surface area contributed by atoms with Gasteiger partial charge in [0.1, 0.15) is 5.02 Å². The van der Waals surface area contributed by atoms with Crippen molar-refractivity contribution in [2.24, 2.45) is 0 Å². The molecule has 1 rings (SSSR count). The molecule has 0 atom stereocenters. The van der Waals surface area contributed by atoms with Gasteiger partial charge < -0.3 is 4.52 Å². The van der Waals surface area contributed by atoms with Crippen molar-refractivity contribution in [2.45, 2.75) is 0 Å². The molecule has 1 heterocycles. The van der Waals surface area contributed by atoms with Crippen LogP contribution in [0.4, 0.5) is 0 Å². The number of hydrogen-bond donors (Lipinski definition) is 2. The van der Waals surface area contributed by atoms with Gasteiger partial charge in [-0.25, -0.2) is 4.57 Å². The van der Waals surface area contributed by atoms with E-state index in [0.717, 1.165) is 0 Å². The zero-order valence-electron chi connectivity index (χ0n) is 6.32. The van der Waals surface area contributed by atoms with E-state index in [-0.39, 0.29) is 15.2 Å². The Morgan fingerprint density at radius 1 is 1.29 bits per heavy atom. The van der Waals surface area contributed by atoms with Crippen molar-refractivity contribution in [3.8, 4) is 5.88 Å². The summed E-state index contributed by atoms with van der Waals surface area (Å²) in [6.45, 7) is 0. The molecule has 2 N–H and O–H groups in total. The van der Waals surface area contributed by atoms with E-state index < -0.39 is 13.7 Å². The van der Waals surface area contributed by atoms with Crippen molar-refractivity contribution >= 4 is 42.6 Å². The summed E-state index contributed by atoms with van der Waals surface area (Å²) in [7, 11) is -4.70. The molecule has 0 aliphatic carbocycles. The molecule has 0 aliphatic rings. The maximum Gasteiger partial charge on any atom is 0.526 e. The third kappa shape index (κ3) is 3.28. The quantitative estimate of drug-likeness (QED) is 0.642. The Morgan fingerprint density at radius 3 is 2.36 bits per heavy atom. The number of phosphoric ester groups is 1. The van der Waals surface area contributed by atoms with Crippen LogP contribution in [0.15, 0.2) is 6.07 Å². The summed E-state index contributed by atoms with van der Waals surface area (Å²) < 4.78 is 14.6. The van der Waals surface area contributed by atoms with Gasteiger partial charge >= 0.3 is 7.82 Å². The highest BCUT2D eigenvalue weighted by Gasteiger charge is 2.20. The topological polar surface area (TPSA) is 79.7 Å². The van der Waals surface area contributed by atoms with Crippen LogP contribution in [-0.4, -0.2) is 14.8 Å². The number of hydrogen-bond acceptors (Lipinski definition) is 3. The fourth-order valence-corrected chi connectivity index (χ4v) is 1.55. The van der Waals surface area contributed by atoms with Crippen LogP contribution >= 0.6 is 42.6 Å². The largest absolute Gasteiger partial charge is 0.526 e. The Balaban J connectivity index is 3.11. The summed E-state index contributed by atoms with van der Waals surface area (Å²) >= 11 is 16.5. The Bertz CT molecular complexity index is 406. The van der Waals surface area contributed by atoms with Gasteiger partial charge in [-0.05, 0) is 6.07 Å². The first kappa shape index (κ1) is 12.0. The molecular formula is C5H3Cl3NO4P. The molecule has 0 aliphatic heterocycles. The van der Waals surface area contributed by atoms with Crippen LogP contribution in [0.2, 0.25) is 15.2 Å². The predicted octanol–water partition coefficient (Wildman–Crippen LogP) is 2.51. The van der Waals surface area contributed by atoms with E-state index in [2.05, 4.69) is 9.51 Å². The molecule has 5 nitrogen and oxygen atoms in total. The highest BCUT2D eigenvalue weighted by Crippen LogP contribution is 2.41. The Hall–Kier alpha value is -0.0300. The van der Waals surface area contributed by atoms with Gasteiger partial charge in [-0.3, -0.25) is 9.79 Å². The smallest absolute Gasteiger partial charge is 0.384 e. The molecule has 14 heavy (non-hydrogen) atoms. The summed E-state index contributed by atoms with van der Waals surface area (Å²) in [5.41, 5.74) is 0. The van der Waals surface area contributed by atoms with E-state index in [1.165, 1.54) is 6.07 Å². The van der Waals surface area contributed by atoms with Gasteiger partial charge in [0, 0.05) is 0 Å². The number of nitrogens with zero attached hydrogens (tertiary/aromatic N) is 1. The summed E-state index contributed by atoms with van der Waals surface area (Å²) in [4.78, 5) is 20.4. The van der Waals surface area contributed by atoms with Crippen LogP contribution in [0.5, 0.6) is 5.88 Å². The van der Waals surface area contributed by atoms with Crippen LogP contribution < -0.4 is 4.52 Å². The molecule has 0 amide bonds. The fourth-order valence-electron chi connectivity index (χ4n) is 0.605. The number of rotatable bonds is 2. The molecule has 1 aromatic rings. The van der Waals surface area contributed by atoms with Crippen LogP contribution in [0.25, 0.3) is 0 Å². The van der Waals surface area contributed by atoms with Crippen molar-refractivity contribution < 1.29 is 18.9 Å². The van der Waals surface area contributed by atoms with Crippen molar-refractivity contribution in [2.75, 3.05) is 0 Å². The van der Waals surface area contributed by atoms with E-state index in [1.54, 1.807) is 0 Å². The average molecular weight is 278 g/mol. The maximum atomic E-state index is 10.4. The highest BCUT2D eigenvalue weighted by molar-refractivity contribution is 7.46. The van der Waals surface area contributed by atoms with Crippen molar-refractivity contribution in [1.29, 1.82) is 0 Å². The normalized spacial score (nSPS) is 11.5. The van der Waals surface area contributed by atoms with Gasteiger partial charge in [-0.15, -0.1) is 0 Å². The molecule has 0 spiro atoms.